The Balaban J connectivity index is 1.51. The third-order valence-corrected chi connectivity index (χ3v) is 5.98. The van der Waals surface area contributed by atoms with Gasteiger partial charge in [-0.15, -0.1) is 0 Å². The van der Waals surface area contributed by atoms with E-state index in [0.29, 0.717) is 18.0 Å². The number of aryl methyl sites for hydroxylation is 2. The minimum atomic E-state index is -3.61. The minimum absolute atomic E-state index is 0.0690. The molecule has 1 unspecified atom stereocenters. The van der Waals surface area contributed by atoms with Crippen LogP contribution in [0.25, 0.3) is 0 Å². The van der Waals surface area contributed by atoms with Crippen molar-refractivity contribution in [2.24, 2.45) is 0 Å². The summed E-state index contributed by atoms with van der Waals surface area (Å²) in [5.74, 6) is 0.313. The van der Waals surface area contributed by atoms with Gasteiger partial charge in [0, 0.05) is 18.8 Å². The van der Waals surface area contributed by atoms with Crippen LogP contribution in [0.4, 0.5) is 5.69 Å². The zero-order chi connectivity index (χ0) is 20.9. The van der Waals surface area contributed by atoms with E-state index in [9.17, 15) is 13.2 Å². The number of ether oxygens (including phenoxy) is 2. The van der Waals surface area contributed by atoms with Crippen molar-refractivity contribution < 1.29 is 22.7 Å². The molecule has 1 saturated heterocycles. The van der Waals surface area contributed by atoms with Crippen LogP contribution in [0, 0.1) is 13.8 Å². The highest BCUT2D eigenvalue weighted by atomic mass is 32.2. The van der Waals surface area contributed by atoms with E-state index in [-0.39, 0.29) is 30.1 Å². The second-order valence-corrected chi connectivity index (χ2v) is 8.94. The van der Waals surface area contributed by atoms with Gasteiger partial charge in [0.2, 0.25) is 10.0 Å². The molecule has 8 heteroatoms. The summed E-state index contributed by atoms with van der Waals surface area (Å²) >= 11 is 0. The number of rotatable bonds is 8. The van der Waals surface area contributed by atoms with Gasteiger partial charge >= 0.3 is 0 Å². The average Bonchev–Trinajstić information content (AvgIpc) is 3.18. The maximum absolute atomic E-state index is 12.4. The second kappa shape index (κ2) is 9.39. The molecule has 3 rings (SSSR count). The van der Waals surface area contributed by atoms with E-state index in [0.717, 1.165) is 24.0 Å². The summed E-state index contributed by atoms with van der Waals surface area (Å²) in [6, 6.07) is 11.8. The first-order valence-electron chi connectivity index (χ1n) is 9.54. The molecule has 29 heavy (non-hydrogen) atoms. The highest BCUT2D eigenvalue weighted by Gasteiger charge is 2.20. The molecule has 0 spiro atoms. The molecule has 1 aliphatic rings. The SMILES string of the molecule is Cc1cc(C)cc(OCC(=O)Nc2ccc(S(=O)(=O)NCC3CCCO3)cc2)c1. The zero-order valence-electron chi connectivity index (χ0n) is 16.6. The van der Waals surface area contributed by atoms with Crippen molar-refractivity contribution in [2.75, 3.05) is 25.1 Å². The lowest BCUT2D eigenvalue weighted by Gasteiger charge is -2.12. The van der Waals surface area contributed by atoms with Crippen molar-refractivity contribution in [2.45, 2.75) is 37.7 Å². The summed E-state index contributed by atoms with van der Waals surface area (Å²) in [6.07, 6.45) is 1.74. The highest BCUT2D eigenvalue weighted by molar-refractivity contribution is 7.89. The lowest BCUT2D eigenvalue weighted by atomic mass is 10.1. The van der Waals surface area contributed by atoms with Crippen LogP contribution >= 0.6 is 0 Å². The number of anilines is 1. The quantitative estimate of drug-likeness (QED) is 0.688. The number of nitrogens with one attached hydrogen (secondary N) is 2. The van der Waals surface area contributed by atoms with Crippen molar-refractivity contribution in [1.82, 2.24) is 4.72 Å². The first-order valence-corrected chi connectivity index (χ1v) is 11.0. The summed E-state index contributed by atoms with van der Waals surface area (Å²) in [5, 5.41) is 2.70. The number of sulfonamides is 1. The topological polar surface area (TPSA) is 93.7 Å². The Labute approximate surface area is 171 Å². The molecule has 0 radical (unpaired) electrons. The smallest absolute Gasteiger partial charge is 0.262 e. The molecule has 1 heterocycles. The van der Waals surface area contributed by atoms with Crippen molar-refractivity contribution in [3.63, 3.8) is 0 Å². The lowest BCUT2D eigenvalue weighted by Crippen LogP contribution is -2.31. The fraction of sp³-hybridized carbons (Fsp3) is 0.381. The van der Waals surface area contributed by atoms with Crippen LogP contribution in [-0.2, 0) is 19.6 Å². The Hall–Kier alpha value is -2.42. The van der Waals surface area contributed by atoms with Crippen LogP contribution in [0.5, 0.6) is 5.75 Å². The summed E-state index contributed by atoms with van der Waals surface area (Å²) in [7, 11) is -3.61. The summed E-state index contributed by atoms with van der Waals surface area (Å²) in [6.45, 7) is 4.73. The number of amides is 1. The standard InChI is InChI=1S/C21H26N2O5S/c1-15-10-16(2)12-19(11-15)28-14-21(24)23-17-5-7-20(8-6-17)29(25,26)22-13-18-4-3-9-27-18/h5-8,10-12,18,22H,3-4,9,13-14H2,1-2H3,(H,23,24). The Morgan fingerprint density at radius 2 is 1.83 bits per heavy atom. The molecular weight excluding hydrogens is 392 g/mol. The number of carbonyl (C=O) groups excluding carboxylic acids is 1. The maximum Gasteiger partial charge on any atom is 0.262 e. The van der Waals surface area contributed by atoms with Gasteiger partial charge in [-0.25, -0.2) is 13.1 Å². The van der Waals surface area contributed by atoms with Gasteiger partial charge in [-0.3, -0.25) is 4.79 Å². The molecule has 2 aromatic rings. The predicted octanol–water partition coefficient (Wildman–Crippen LogP) is 2.78. The van der Waals surface area contributed by atoms with Gasteiger partial charge < -0.3 is 14.8 Å². The van der Waals surface area contributed by atoms with Crippen molar-refractivity contribution in [3.8, 4) is 5.75 Å². The van der Waals surface area contributed by atoms with Gasteiger partial charge in [-0.2, -0.15) is 0 Å². The number of hydrogen-bond acceptors (Lipinski definition) is 5. The van der Waals surface area contributed by atoms with Crippen LogP contribution in [0.1, 0.15) is 24.0 Å². The van der Waals surface area contributed by atoms with Crippen LogP contribution < -0.4 is 14.8 Å². The third kappa shape index (κ3) is 6.28. The molecule has 0 saturated carbocycles. The van der Waals surface area contributed by atoms with E-state index >= 15 is 0 Å². The van der Waals surface area contributed by atoms with Crippen LogP contribution in [0.2, 0.25) is 0 Å². The highest BCUT2D eigenvalue weighted by Crippen LogP contribution is 2.17. The largest absolute Gasteiger partial charge is 0.484 e. The normalized spacial score (nSPS) is 16.6. The van der Waals surface area contributed by atoms with Crippen LogP contribution in [0.15, 0.2) is 47.4 Å². The first kappa shape index (κ1) is 21.3. The third-order valence-electron chi connectivity index (χ3n) is 4.54. The fourth-order valence-corrected chi connectivity index (χ4v) is 4.24. The van der Waals surface area contributed by atoms with E-state index < -0.39 is 10.0 Å². The van der Waals surface area contributed by atoms with E-state index in [1.165, 1.54) is 12.1 Å². The molecule has 1 aliphatic heterocycles. The maximum atomic E-state index is 12.4. The Bertz CT molecular complexity index is 931. The summed E-state index contributed by atoms with van der Waals surface area (Å²) in [5.41, 5.74) is 2.62. The number of hydrogen-bond donors (Lipinski definition) is 2. The molecule has 2 N–H and O–H groups in total. The van der Waals surface area contributed by atoms with Gasteiger partial charge in [0.15, 0.2) is 6.61 Å². The van der Waals surface area contributed by atoms with Crippen molar-refractivity contribution in [1.29, 1.82) is 0 Å². The van der Waals surface area contributed by atoms with Gasteiger partial charge in [0.05, 0.1) is 11.0 Å². The molecule has 156 valence electrons. The van der Waals surface area contributed by atoms with E-state index in [1.54, 1.807) is 12.1 Å². The van der Waals surface area contributed by atoms with Gasteiger partial charge in [0.25, 0.3) is 5.91 Å². The average molecular weight is 419 g/mol. The number of carbonyl (C=O) groups is 1. The molecule has 1 fully saturated rings. The van der Waals surface area contributed by atoms with Gasteiger partial charge in [-0.1, -0.05) is 6.07 Å². The van der Waals surface area contributed by atoms with Crippen molar-refractivity contribution in [3.05, 3.63) is 53.6 Å². The molecule has 0 bridgehead atoms. The Morgan fingerprint density at radius 1 is 1.14 bits per heavy atom. The van der Waals surface area contributed by atoms with Crippen molar-refractivity contribution >= 4 is 21.6 Å². The molecule has 0 aromatic heterocycles. The lowest BCUT2D eigenvalue weighted by molar-refractivity contribution is -0.118. The fourth-order valence-electron chi connectivity index (χ4n) is 3.17. The molecule has 1 atom stereocenters. The Morgan fingerprint density at radius 3 is 2.45 bits per heavy atom. The van der Waals surface area contributed by atoms with E-state index in [1.807, 2.05) is 32.0 Å². The minimum Gasteiger partial charge on any atom is -0.484 e. The van der Waals surface area contributed by atoms with E-state index in [4.69, 9.17) is 9.47 Å². The summed E-state index contributed by atoms with van der Waals surface area (Å²) < 4.78 is 38.2. The van der Waals surface area contributed by atoms with Crippen LogP contribution in [-0.4, -0.2) is 40.2 Å². The predicted molar refractivity (Wildman–Crippen MR) is 111 cm³/mol. The molecule has 2 aromatic carbocycles. The molecule has 0 aliphatic carbocycles. The zero-order valence-corrected chi connectivity index (χ0v) is 17.4. The van der Waals surface area contributed by atoms with Gasteiger partial charge in [0.1, 0.15) is 5.75 Å². The monoisotopic (exact) mass is 418 g/mol. The first-order chi connectivity index (χ1) is 13.8. The Kier molecular flexibility index (Phi) is 6.89. The van der Waals surface area contributed by atoms with E-state index in [2.05, 4.69) is 10.0 Å². The summed E-state index contributed by atoms with van der Waals surface area (Å²) in [4.78, 5) is 12.2. The molecular formula is C21H26N2O5S. The van der Waals surface area contributed by atoms with Gasteiger partial charge in [-0.05, 0) is 74.2 Å². The molecule has 1 amide bonds. The second-order valence-electron chi connectivity index (χ2n) is 7.17. The van der Waals surface area contributed by atoms with Crippen LogP contribution in [0.3, 0.4) is 0 Å². The number of benzene rings is 2. The molecule has 7 nitrogen and oxygen atoms in total.